The fourth-order valence-electron chi connectivity index (χ4n) is 3.84. The average Bonchev–Trinajstić information content (AvgIpc) is 3.27. The Bertz CT molecular complexity index is 987. The predicted molar refractivity (Wildman–Crippen MR) is 116 cm³/mol. The number of halogens is 1. The molecule has 2 aliphatic heterocycles. The third-order valence-corrected chi connectivity index (χ3v) is 5.56. The van der Waals surface area contributed by atoms with E-state index in [-0.39, 0.29) is 37.6 Å². The number of hydrogen-bond acceptors (Lipinski definition) is 6. The van der Waals surface area contributed by atoms with Gasteiger partial charge in [0.25, 0.3) is 0 Å². The third kappa shape index (κ3) is 6.11. The highest BCUT2D eigenvalue weighted by Gasteiger charge is 2.33. The second kappa shape index (κ2) is 10.5. The van der Waals surface area contributed by atoms with Gasteiger partial charge >= 0.3 is 6.03 Å². The van der Waals surface area contributed by atoms with Crippen molar-refractivity contribution >= 4 is 17.6 Å². The van der Waals surface area contributed by atoms with Crippen LogP contribution in [0.5, 0.6) is 11.5 Å². The van der Waals surface area contributed by atoms with Crippen LogP contribution in [0.15, 0.2) is 42.5 Å². The summed E-state index contributed by atoms with van der Waals surface area (Å²) >= 11 is 0. The number of urea groups is 1. The molecule has 3 atom stereocenters. The van der Waals surface area contributed by atoms with E-state index in [9.17, 15) is 19.1 Å². The van der Waals surface area contributed by atoms with Crippen molar-refractivity contribution < 1.29 is 33.3 Å². The molecule has 1 saturated heterocycles. The van der Waals surface area contributed by atoms with Crippen LogP contribution in [0.1, 0.15) is 24.8 Å². The van der Waals surface area contributed by atoms with Gasteiger partial charge in [-0.3, -0.25) is 4.79 Å². The quantitative estimate of drug-likeness (QED) is 0.505. The highest BCUT2D eigenvalue weighted by molar-refractivity contribution is 5.90. The van der Waals surface area contributed by atoms with Gasteiger partial charge in [0.1, 0.15) is 11.9 Å². The highest BCUT2D eigenvalue weighted by atomic mass is 19.1. The summed E-state index contributed by atoms with van der Waals surface area (Å²) < 4.78 is 29.4. The Morgan fingerprint density at radius 3 is 2.64 bits per heavy atom. The summed E-state index contributed by atoms with van der Waals surface area (Å²) in [5.41, 5.74) is 1.34. The Morgan fingerprint density at radius 1 is 1.06 bits per heavy atom. The number of anilines is 1. The van der Waals surface area contributed by atoms with E-state index >= 15 is 0 Å². The standard InChI is InChI=1S/C23H26FN3O6/c24-15-3-1-14(2-4-15)11-25-22(29)10-17-6-7-18(21(12-28)33-17)27-23(30)26-16-5-8-19-20(9-16)32-13-31-19/h1-5,8-9,17-18,21,28H,6-7,10-13H2,(H,25,29)(H2,26,27,30)/t17-,18-,21-/m0/s1. The fourth-order valence-corrected chi connectivity index (χ4v) is 3.84. The Balaban J connectivity index is 1.22. The van der Waals surface area contributed by atoms with Crippen LogP contribution in [0.2, 0.25) is 0 Å². The molecule has 1 fully saturated rings. The molecular weight excluding hydrogens is 433 g/mol. The van der Waals surface area contributed by atoms with Crippen LogP contribution in [0.25, 0.3) is 0 Å². The Morgan fingerprint density at radius 2 is 1.85 bits per heavy atom. The first-order chi connectivity index (χ1) is 16.0. The van der Waals surface area contributed by atoms with Crippen LogP contribution in [-0.2, 0) is 16.1 Å². The van der Waals surface area contributed by atoms with Crippen LogP contribution in [0, 0.1) is 5.82 Å². The number of benzene rings is 2. The summed E-state index contributed by atoms with van der Waals surface area (Å²) in [5.74, 6) is 0.647. The predicted octanol–water partition coefficient (Wildman–Crippen LogP) is 2.29. The van der Waals surface area contributed by atoms with Crippen molar-refractivity contribution in [2.45, 2.75) is 44.1 Å². The van der Waals surface area contributed by atoms with E-state index in [2.05, 4.69) is 16.0 Å². The maximum absolute atomic E-state index is 13.0. The van der Waals surface area contributed by atoms with E-state index in [0.29, 0.717) is 36.6 Å². The smallest absolute Gasteiger partial charge is 0.319 e. The molecule has 0 unspecified atom stereocenters. The number of amides is 3. The van der Waals surface area contributed by atoms with E-state index in [1.165, 1.54) is 12.1 Å². The summed E-state index contributed by atoms with van der Waals surface area (Å²) in [6, 6.07) is 10.2. The minimum atomic E-state index is -0.629. The zero-order valence-corrected chi connectivity index (χ0v) is 17.9. The van der Waals surface area contributed by atoms with Gasteiger partial charge in [0.15, 0.2) is 11.5 Å². The topological polar surface area (TPSA) is 118 Å². The first kappa shape index (κ1) is 22.8. The molecule has 176 valence electrons. The van der Waals surface area contributed by atoms with Crippen molar-refractivity contribution in [3.05, 3.63) is 53.8 Å². The van der Waals surface area contributed by atoms with Crippen LogP contribution in [0.3, 0.4) is 0 Å². The molecule has 9 nitrogen and oxygen atoms in total. The molecule has 33 heavy (non-hydrogen) atoms. The molecule has 4 N–H and O–H groups in total. The maximum atomic E-state index is 13.0. The molecular formula is C23H26FN3O6. The second-order valence-electron chi connectivity index (χ2n) is 7.94. The first-order valence-electron chi connectivity index (χ1n) is 10.7. The van der Waals surface area contributed by atoms with Gasteiger partial charge in [0.05, 0.1) is 25.2 Å². The van der Waals surface area contributed by atoms with Crippen molar-refractivity contribution in [2.75, 3.05) is 18.7 Å². The number of rotatable bonds is 7. The lowest BCUT2D eigenvalue weighted by atomic mass is 9.97. The van der Waals surface area contributed by atoms with E-state index in [0.717, 1.165) is 5.56 Å². The average molecular weight is 459 g/mol. The number of carbonyl (C=O) groups excluding carboxylic acids is 2. The van der Waals surface area contributed by atoms with Gasteiger partial charge in [-0.1, -0.05) is 12.1 Å². The van der Waals surface area contributed by atoms with Crippen molar-refractivity contribution in [3.63, 3.8) is 0 Å². The fraction of sp³-hybridized carbons (Fsp3) is 0.391. The van der Waals surface area contributed by atoms with Crippen LogP contribution in [-0.4, -0.2) is 48.7 Å². The first-order valence-corrected chi connectivity index (χ1v) is 10.7. The van der Waals surface area contributed by atoms with Crippen molar-refractivity contribution in [1.82, 2.24) is 10.6 Å². The zero-order valence-electron chi connectivity index (χ0n) is 17.9. The number of aliphatic hydroxyl groups is 1. The summed E-state index contributed by atoms with van der Waals surface area (Å²) in [7, 11) is 0. The van der Waals surface area contributed by atoms with E-state index in [1.54, 1.807) is 30.3 Å². The number of hydrogen-bond donors (Lipinski definition) is 4. The van der Waals surface area contributed by atoms with Gasteiger partial charge in [-0.25, -0.2) is 9.18 Å². The Labute approximate surface area is 190 Å². The van der Waals surface area contributed by atoms with Gasteiger partial charge in [-0.15, -0.1) is 0 Å². The number of carbonyl (C=O) groups is 2. The SMILES string of the molecule is O=C(C[C@@H]1CC[C@H](NC(=O)Nc2ccc3c(c2)OCO3)[C@H](CO)O1)NCc1ccc(F)cc1. The summed E-state index contributed by atoms with van der Waals surface area (Å²) in [4.78, 5) is 24.7. The normalized spacial score (nSPS) is 21.3. The van der Waals surface area contributed by atoms with Gasteiger partial charge in [-0.2, -0.15) is 0 Å². The molecule has 10 heteroatoms. The monoisotopic (exact) mass is 459 g/mol. The molecule has 0 spiro atoms. The second-order valence-corrected chi connectivity index (χ2v) is 7.94. The summed E-state index contributed by atoms with van der Waals surface area (Å²) in [5, 5.41) is 18.1. The minimum absolute atomic E-state index is 0.133. The van der Waals surface area contributed by atoms with Gasteiger partial charge in [0.2, 0.25) is 12.7 Å². The Kier molecular flexibility index (Phi) is 7.26. The Hall–Kier alpha value is -3.37. The molecule has 0 aliphatic carbocycles. The lowest BCUT2D eigenvalue weighted by molar-refractivity contribution is -0.130. The van der Waals surface area contributed by atoms with Gasteiger partial charge < -0.3 is 35.3 Å². The maximum Gasteiger partial charge on any atom is 0.319 e. The zero-order chi connectivity index (χ0) is 23.2. The summed E-state index contributed by atoms with van der Waals surface area (Å²) in [6.07, 6.45) is 0.236. The lowest BCUT2D eigenvalue weighted by Gasteiger charge is -2.35. The number of aliphatic hydroxyl groups excluding tert-OH is 1. The van der Waals surface area contributed by atoms with Crippen molar-refractivity contribution in [3.8, 4) is 11.5 Å². The molecule has 0 radical (unpaired) electrons. The molecule has 2 aromatic carbocycles. The van der Waals surface area contributed by atoms with Gasteiger partial charge in [0, 0.05) is 18.3 Å². The van der Waals surface area contributed by atoms with Gasteiger partial charge in [-0.05, 0) is 42.7 Å². The molecule has 2 heterocycles. The molecule has 2 aromatic rings. The van der Waals surface area contributed by atoms with E-state index in [4.69, 9.17) is 14.2 Å². The third-order valence-electron chi connectivity index (χ3n) is 5.56. The van der Waals surface area contributed by atoms with Crippen LogP contribution < -0.4 is 25.4 Å². The molecule has 0 saturated carbocycles. The van der Waals surface area contributed by atoms with E-state index < -0.39 is 18.2 Å². The van der Waals surface area contributed by atoms with E-state index in [1.807, 2.05) is 0 Å². The molecule has 0 aromatic heterocycles. The summed E-state index contributed by atoms with van der Waals surface area (Å²) in [6.45, 7) is 0.149. The lowest BCUT2D eigenvalue weighted by Crippen LogP contribution is -2.52. The molecule has 3 amide bonds. The number of nitrogens with one attached hydrogen (secondary N) is 3. The molecule has 2 aliphatic rings. The number of fused-ring (bicyclic) bond motifs is 1. The van der Waals surface area contributed by atoms with Crippen molar-refractivity contribution in [2.24, 2.45) is 0 Å². The minimum Gasteiger partial charge on any atom is -0.454 e. The highest BCUT2D eigenvalue weighted by Crippen LogP contribution is 2.34. The molecule has 4 rings (SSSR count). The number of ether oxygens (including phenoxy) is 3. The largest absolute Gasteiger partial charge is 0.454 e. The van der Waals surface area contributed by atoms with Crippen molar-refractivity contribution in [1.29, 1.82) is 0 Å². The molecule has 0 bridgehead atoms. The van der Waals surface area contributed by atoms with Crippen LogP contribution in [0.4, 0.5) is 14.9 Å². The van der Waals surface area contributed by atoms with Crippen LogP contribution >= 0.6 is 0 Å².